The summed E-state index contributed by atoms with van der Waals surface area (Å²) in [4.78, 5) is 4.05. The highest BCUT2D eigenvalue weighted by Crippen LogP contribution is 2.20. The Balaban J connectivity index is 2.19. The first kappa shape index (κ1) is 14.9. The normalized spacial score (nSPS) is 12.4. The first-order valence-corrected chi connectivity index (χ1v) is 6.79. The van der Waals surface area contributed by atoms with E-state index in [4.69, 9.17) is 9.47 Å². The SMILES string of the molecule is COCC(F)c1nc(Br)nn1Cc1ccc(OC)cc1. The number of halogens is 2. The number of nitrogens with zero attached hydrogens (tertiary/aromatic N) is 3. The zero-order chi connectivity index (χ0) is 14.5. The highest BCUT2D eigenvalue weighted by molar-refractivity contribution is 9.10. The fourth-order valence-corrected chi connectivity index (χ4v) is 2.17. The maximum atomic E-state index is 13.9. The van der Waals surface area contributed by atoms with Gasteiger partial charge in [0.15, 0.2) is 12.0 Å². The summed E-state index contributed by atoms with van der Waals surface area (Å²) in [7, 11) is 3.06. The van der Waals surface area contributed by atoms with Crippen molar-refractivity contribution in [2.75, 3.05) is 20.8 Å². The molecule has 0 saturated heterocycles. The zero-order valence-corrected chi connectivity index (χ0v) is 12.8. The van der Waals surface area contributed by atoms with Gasteiger partial charge < -0.3 is 9.47 Å². The van der Waals surface area contributed by atoms with Gasteiger partial charge in [0.05, 0.1) is 20.3 Å². The van der Waals surface area contributed by atoms with E-state index in [0.717, 1.165) is 11.3 Å². The minimum absolute atomic E-state index is 0.0479. The maximum Gasteiger partial charge on any atom is 0.217 e. The summed E-state index contributed by atoms with van der Waals surface area (Å²) < 4.78 is 25.7. The van der Waals surface area contributed by atoms with Crippen LogP contribution in [0.25, 0.3) is 0 Å². The van der Waals surface area contributed by atoms with E-state index in [1.54, 1.807) is 7.11 Å². The third kappa shape index (κ3) is 3.55. The van der Waals surface area contributed by atoms with Crippen LogP contribution in [0.2, 0.25) is 0 Å². The lowest BCUT2D eigenvalue weighted by molar-refractivity contribution is 0.117. The lowest BCUT2D eigenvalue weighted by atomic mass is 10.2. The molecule has 1 unspecified atom stereocenters. The third-order valence-electron chi connectivity index (χ3n) is 2.76. The van der Waals surface area contributed by atoms with E-state index in [2.05, 4.69) is 26.0 Å². The zero-order valence-electron chi connectivity index (χ0n) is 11.2. The van der Waals surface area contributed by atoms with Gasteiger partial charge in [-0.1, -0.05) is 12.1 Å². The summed E-state index contributed by atoms with van der Waals surface area (Å²) in [6.45, 7) is 0.385. The van der Waals surface area contributed by atoms with Gasteiger partial charge in [0.25, 0.3) is 0 Å². The number of ether oxygens (including phenoxy) is 2. The molecule has 7 heteroatoms. The van der Waals surface area contributed by atoms with E-state index in [1.807, 2.05) is 24.3 Å². The van der Waals surface area contributed by atoms with Gasteiger partial charge in [-0.25, -0.2) is 14.1 Å². The van der Waals surface area contributed by atoms with Gasteiger partial charge >= 0.3 is 0 Å². The Morgan fingerprint density at radius 1 is 1.30 bits per heavy atom. The van der Waals surface area contributed by atoms with Crippen molar-refractivity contribution in [2.24, 2.45) is 0 Å². The van der Waals surface area contributed by atoms with Gasteiger partial charge in [-0.3, -0.25) is 0 Å². The molecule has 2 aromatic rings. The summed E-state index contributed by atoms with van der Waals surface area (Å²) in [6.07, 6.45) is -1.31. The number of benzene rings is 1. The average molecular weight is 344 g/mol. The van der Waals surface area contributed by atoms with E-state index < -0.39 is 6.17 Å². The fourth-order valence-electron chi connectivity index (χ4n) is 1.80. The van der Waals surface area contributed by atoms with Crippen LogP contribution < -0.4 is 4.74 Å². The molecule has 5 nitrogen and oxygen atoms in total. The minimum Gasteiger partial charge on any atom is -0.497 e. The molecule has 108 valence electrons. The average Bonchev–Trinajstić information content (AvgIpc) is 2.81. The van der Waals surface area contributed by atoms with Crippen LogP contribution in [0.15, 0.2) is 29.0 Å². The van der Waals surface area contributed by atoms with Crippen molar-refractivity contribution in [1.82, 2.24) is 14.8 Å². The van der Waals surface area contributed by atoms with E-state index >= 15 is 0 Å². The molecule has 0 saturated carbocycles. The monoisotopic (exact) mass is 343 g/mol. The molecule has 1 aromatic heterocycles. The van der Waals surface area contributed by atoms with Crippen molar-refractivity contribution < 1.29 is 13.9 Å². The molecule has 0 bridgehead atoms. The van der Waals surface area contributed by atoms with Crippen LogP contribution >= 0.6 is 15.9 Å². The van der Waals surface area contributed by atoms with Crippen molar-refractivity contribution in [3.05, 3.63) is 40.4 Å². The van der Waals surface area contributed by atoms with Gasteiger partial charge in [0, 0.05) is 7.11 Å². The van der Waals surface area contributed by atoms with E-state index in [-0.39, 0.29) is 12.4 Å². The topological polar surface area (TPSA) is 49.2 Å². The molecular weight excluding hydrogens is 329 g/mol. The summed E-state index contributed by atoms with van der Waals surface area (Å²) >= 11 is 3.17. The van der Waals surface area contributed by atoms with Gasteiger partial charge in [-0.05, 0) is 33.6 Å². The lowest BCUT2D eigenvalue weighted by Gasteiger charge is -2.09. The second-order valence-electron chi connectivity index (χ2n) is 4.17. The van der Waals surface area contributed by atoms with Gasteiger partial charge in [0.2, 0.25) is 4.73 Å². The van der Waals surface area contributed by atoms with Crippen molar-refractivity contribution >= 4 is 15.9 Å². The summed E-state index contributed by atoms with van der Waals surface area (Å²) in [5.41, 5.74) is 0.981. The molecule has 0 spiro atoms. The van der Waals surface area contributed by atoms with Crippen molar-refractivity contribution in [2.45, 2.75) is 12.7 Å². The van der Waals surface area contributed by atoms with Crippen molar-refractivity contribution in [3.8, 4) is 5.75 Å². The van der Waals surface area contributed by atoms with Crippen LogP contribution in [0.3, 0.4) is 0 Å². The highest BCUT2D eigenvalue weighted by Gasteiger charge is 2.19. The molecule has 0 aliphatic heterocycles. The second kappa shape index (κ2) is 6.81. The Kier molecular flexibility index (Phi) is 5.08. The molecule has 1 aromatic carbocycles. The molecule has 0 aliphatic rings. The second-order valence-corrected chi connectivity index (χ2v) is 4.88. The van der Waals surface area contributed by atoms with E-state index in [1.165, 1.54) is 11.8 Å². The standard InChI is InChI=1S/C13H15BrFN3O2/c1-19-8-11(15)12-16-13(14)17-18(12)7-9-3-5-10(20-2)6-4-9/h3-6,11H,7-8H2,1-2H3. The third-order valence-corrected chi connectivity index (χ3v) is 3.09. The summed E-state index contributed by atoms with van der Waals surface area (Å²) in [5, 5.41) is 4.15. The van der Waals surface area contributed by atoms with Crippen LogP contribution in [-0.4, -0.2) is 35.6 Å². The quantitative estimate of drug-likeness (QED) is 0.809. The van der Waals surface area contributed by atoms with E-state index in [0.29, 0.717) is 11.3 Å². The molecule has 2 rings (SSSR count). The van der Waals surface area contributed by atoms with Gasteiger partial charge in [-0.2, -0.15) is 0 Å². The molecule has 0 aliphatic carbocycles. The van der Waals surface area contributed by atoms with Crippen LogP contribution in [-0.2, 0) is 11.3 Å². The maximum absolute atomic E-state index is 13.9. The fraction of sp³-hybridized carbons (Fsp3) is 0.385. The molecule has 0 amide bonds. The Bertz CT molecular complexity index is 559. The molecule has 0 radical (unpaired) electrons. The Hall–Kier alpha value is -1.47. The summed E-state index contributed by atoms with van der Waals surface area (Å²) in [6, 6.07) is 7.51. The number of methoxy groups -OCH3 is 2. The molecule has 20 heavy (non-hydrogen) atoms. The Morgan fingerprint density at radius 2 is 2.00 bits per heavy atom. The highest BCUT2D eigenvalue weighted by atomic mass is 79.9. The Labute approximate surface area is 124 Å². The predicted molar refractivity (Wildman–Crippen MR) is 75.5 cm³/mol. The van der Waals surface area contributed by atoms with Crippen molar-refractivity contribution in [3.63, 3.8) is 0 Å². The molecule has 0 N–H and O–H groups in total. The predicted octanol–water partition coefficient (Wildman–Crippen LogP) is 2.75. The first-order valence-electron chi connectivity index (χ1n) is 6.00. The number of rotatable bonds is 6. The van der Waals surface area contributed by atoms with Crippen LogP contribution in [0.5, 0.6) is 5.75 Å². The smallest absolute Gasteiger partial charge is 0.217 e. The van der Waals surface area contributed by atoms with Gasteiger partial charge in [-0.15, -0.1) is 5.10 Å². The molecule has 1 atom stereocenters. The largest absolute Gasteiger partial charge is 0.497 e. The van der Waals surface area contributed by atoms with Crippen LogP contribution in [0, 0.1) is 0 Å². The van der Waals surface area contributed by atoms with Gasteiger partial charge in [0.1, 0.15) is 5.75 Å². The van der Waals surface area contributed by atoms with Crippen LogP contribution in [0.1, 0.15) is 17.6 Å². The van der Waals surface area contributed by atoms with Crippen molar-refractivity contribution in [1.29, 1.82) is 0 Å². The van der Waals surface area contributed by atoms with E-state index in [9.17, 15) is 4.39 Å². The van der Waals surface area contributed by atoms with Crippen LogP contribution in [0.4, 0.5) is 4.39 Å². The molecule has 0 fully saturated rings. The Morgan fingerprint density at radius 3 is 2.60 bits per heavy atom. The first-order chi connectivity index (χ1) is 9.63. The lowest BCUT2D eigenvalue weighted by Crippen LogP contribution is -2.12. The summed E-state index contributed by atoms with van der Waals surface area (Å²) in [5.74, 6) is 1.02. The number of aromatic nitrogens is 3. The minimum atomic E-state index is -1.31. The number of hydrogen-bond donors (Lipinski definition) is 0. The number of hydrogen-bond acceptors (Lipinski definition) is 4. The molecule has 1 heterocycles. The molecular formula is C13H15BrFN3O2. The number of alkyl halides is 1.